The third-order valence-corrected chi connectivity index (χ3v) is 3.09. The predicted molar refractivity (Wildman–Crippen MR) is 79.5 cm³/mol. The summed E-state index contributed by atoms with van der Waals surface area (Å²) in [5.74, 6) is -0.782. The van der Waals surface area contributed by atoms with Gasteiger partial charge in [0, 0.05) is 24.2 Å². The zero-order valence-corrected chi connectivity index (χ0v) is 11.7. The minimum absolute atomic E-state index is 0.154. The highest BCUT2D eigenvalue weighted by Gasteiger charge is 2.05. The van der Waals surface area contributed by atoms with Crippen LogP contribution < -0.4 is 10.6 Å². The fourth-order valence-corrected chi connectivity index (χ4v) is 1.96. The SMILES string of the molecule is CC(=O)Nc1cc(NCc2ccccc2Cl)ccc1F. The van der Waals surface area contributed by atoms with Gasteiger partial charge >= 0.3 is 0 Å². The highest BCUT2D eigenvalue weighted by Crippen LogP contribution is 2.21. The van der Waals surface area contributed by atoms with E-state index < -0.39 is 5.82 Å². The van der Waals surface area contributed by atoms with E-state index in [4.69, 9.17) is 11.6 Å². The zero-order valence-electron chi connectivity index (χ0n) is 10.9. The fourth-order valence-electron chi connectivity index (χ4n) is 1.76. The summed E-state index contributed by atoms with van der Waals surface area (Å²) in [4.78, 5) is 11.0. The van der Waals surface area contributed by atoms with Gasteiger partial charge < -0.3 is 10.6 Å². The number of rotatable bonds is 4. The van der Waals surface area contributed by atoms with Crippen LogP contribution in [0, 0.1) is 5.82 Å². The summed E-state index contributed by atoms with van der Waals surface area (Å²) in [6.45, 7) is 1.86. The first-order chi connectivity index (χ1) is 9.56. The molecule has 0 unspecified atom stereocenters. The summed E-state index contributed by atoms with van der Waals surface area (Å²) in [6.07, 6.45) is 0. The van der Waals surface area contributed by atoms with Crippen LogP contribution in [0.1, 0.15) is 12.5 Å². The van der Waals surface area contributed by atoms with Crippen LogP contribution in [0.2, 0.25) is 5.02 Å². The molecule has 0 spiro atoms. The van der Waals surface area contributed by atoms with Crippen molar-refractivity contribution in [2.24, 2.45) is 0 Å². The lowest BCUT2D eigenvalue weighted by molar-refractivity contribution is -0.114. The smallest absolute Gasteiger partial charge is 0.221 e. The first-order valence-corrected chi connectivity index (χ1v) is 6.48. The summed E-state index contributed by atoms with van der Waals surface area (Å²) in [5, 5.41) is 6.25. The third-order valence-electron chi connectivity index (χ3n) is 2.72. The molecule has 0 aromatic heterocycles. The maximum atomic E-state index is 13.5. The molecule has 0 fully saturated rings. The third kappa shape index (κ3) is 3.71. The van der Waals surface area contributed by atoms with Crippen LogP contribution in [-0.2, 0) is 11.3 Å². The van der Waals surface area contributed by atoms with Gasteiger partial charge in [0.15, 0.2) is 0 Å². The zero-order chi connectivity index (χ0) is 14.5. The molecule has 3 nitrogen and oxygen atoms in total. The molecule has 5 heteroatoms. The van der Waals surface area contributed by atoms with Crippen molar-refractivity contribution in [3.05, 3.63) is 58.9 Å². The van der Waals surface area contributed by atoms with E-state index in [1.54, 1.807) is 12.1 Å². The van der Waals surface area contributed by atoms with Gasteiger partial charge in [-0.15, -0.1) is 0 Å². The Labute approximate surface area is 121 Å². The highest BCUT2D eigenvalue weighted by atomic mass is 35.5. The molecular formula is C15H14ClFN2O. The molecule has 20 heavy (non-hydrogen) atoms. The molecule has 0 aliphatic heterocycles. The van der Waals surface area contributed by atoms with Crippen LogP contribution in [0.15, 0.2) is 42.5 Å². The van der Waals surface area contributed by atoms with E-state index >= 15 is 0 Å². The van der Waals surface area contributed by atoms with Crippen molar-refractivity contribution in [3.63, 3.8) is 0 Å². The molecule has 2 rings (SSSR count). The van der Waals surface area contributed by atoms with Gasteiger partial charge in [-0.1, -0.05) is 29.8 Å². The van der Waals surface area contributed by atoms with Crippen molar-refractivity contribution in [2.75, 3.05) is 10.6 Å². The number of carbonyl (C=O) groups is 1. The van der Waals surface area contributed by atoms with E-state index in [0.29, 0.717) is 17.3 Å². The van der Waals surface area contributed by atoms with Crippen LogP contribution in [0.5, 0.6) is 0 Å². The maximum absolute atomic E-state index is 13.5. The number of halogens is 2. The molecule has 0 saturated heterocycles. The average Bonchev–Trinajstić information content (AvgIpc) is 2.40. The fraction of sp³-hybridized carbons (Fsp3) is 0.133. The topological polar surface area (TPSA) is 41.1 Å². The van der Waals surface area contributed by atoms with Crippen molar-refractivity contribution in [3.8, 4) is 0 Å². The number of hydrogen-bond acceptors (Lipinski definition) is 2. The number of amides is 1. The van der Waals surface area contributed by atoms with Crippen LogP contribution in [-0.4, -0.2) is 5.91 Å². The lowest BCUT2D eigenvalue weighted by Gasteiger charge is -2.10. The molecular weight excluding hydrogens is 279 g/mol. The average molecular weight is 293 g/mol. The molecule has 0 aliphatic rings. The van der Waals surface area contributed by atoms with Crippen molar-refractivity contribution < 1.29 is 9.18 Å². The summed E-state index contributed by atoms with van der Waals surface area (Å²) in [6, 6.07) is 11.9. The largest absolute Gasteiger partial charge is 0.381 e. The summed E-state index contributed by atoms with van der Waals surface area (Å²) in [5.41, 5.74) is 1.80. The standard InChI is InChI=1S/C15H14ClFN2O/c1-10(20)19-15-8-12(6-7-14(15)17)18-9-11-4-2-3-5-13(11)16/h2-8,18H,9H2,1H3,(H,19,20). The van der Waals surface area contributed by atoms with Crippen LogP contribution in [0.25, 0.3) is 0 Å². The van der Waals surface area contributed by atoms with Gasteiger partial charge in [0.1, 0.15) is 5.82 Å². The lowest BCUT2D eigenvalue weighted by Crippen LogP contribution is -2.08. The molecule has 0 radical (unpaired) electrons. The van der Waals surface area contributed by atoms with Crippen LogP contribution in [0.3, 0.4) is 0 Å². The van der Waals surface area contributed by atoms with Gasteiger partial charge in [0.05, 0.1) is 5.69 Å². The Hall–Kier alpha value is -2.07. The summed E-state index contributed by atoms with van der Waals surface area (Å²) < 4.78 is 13.5. The molecule has 2 aromatic carbocycles. The Morgan fingerprint density at radius 2 is 2.00 bits per heavy atom. The van der Waals surface area contributed by atoms with Crippen molar-refractivity contribution in [2.45, 2.75) is 13.5 Å². The summed E-state index contributed by atoms with van der Waals surface area (Å²) in [7, 11) is 0. The van der Waals surface area contributed by atoms with Gasteiger partial charge in [0.2, 0.25) is 5.91 Å². The lowest BCUT2D eigenvalue weighted by atomic mass is 10.2. The van der Waals surface area contributed by atoms with Crippen molar-refractivity contribution in [1.82, 2.24) is 0 Å². The Bertz CT molecular complexity index is 631. The molecule has 1 amide bonds. The van der Waals surface area contributed by atoms with Crippen molar-refractivity contribution >= 4 is 28.9 Å². The first-order valence-electron chi connectivity index (χ1n) is 6.10. The van der Waals surface area contributed by atoms with E-state index in [0.717, 1.165) is 5.56 Å². The molecule has 0 aliphatic carbocycles. The maximum Gasteiger partial charge on any atom is 0.221 e. The van der Waals surface area contributed by atoms with E-state index in [9.17, 15) is 9.18 Å². The Balaban J connectivity index is 2.10. The second-order valence-corrected chi connectivity index (χ2v) is 4.73. The number of nitrogens with one attached hydrogen (secondary N) is 2. The van der Waals surface area contributed by atoms with Gasteiger partial charge in [-0.05, 0) is 29.8 Å². The van der Waals surface area contributed by atoms with Crippen LogP contribution in [0.4, 0.5) is 15.8 Å². The molecule has 0 atom stereocenters. The van der Waals surface area contributed by atoms with Gasteiger partial charge in [-0.3, -0.25) is 4.79 Å². The number of benzene rings is 2. The van der Waals surface area contributed by atoms with Gasteiger partial charge in [-0.2, -0.15) is 0 Å². The summed E-state index contributed by atoms with van der Waals surface area (Å²) >= 11 is 6.06. The van der Waals surface area contributed by atoms with Crippen LogP contribution >= 0.6 is 11.6 Å². The van der Waals surface area contributed by atoms with Gasteiger partial charge in [-0.25, -0.2) is 4.39 Å². The number of anilines is 2. The van der Waals surface area contributed by atoms with E-state index in [-0.39, 0.29) is 11.6 Å². The van der Waals surface area contributed by atoms with E-state index in [2.05, 4.69) is 10.6 Å². The number of carbonyl (C=O) groups excluding carboxylic acids is 1. The van der Waals surface area contributed by atoms with Crippen molar-refractivity contribution in [1.29, 1.82) is 0 Å². The number of hydrogen-bond donors (Lipinski definition) is 2. The minimum Gasteiger partial charge on any atom is -0.381 e. The molecule has 0 heterocycles. The molecule has 0 saturated carbocycles. The Kier molecular flexibility index (Phi) is 4.58. The molecule has 104 valence electrons. The normalized spacial score (nSPS) is 10.2. The predicted octanol–water partition coefficient (Wildman–Crippen LogP) is 4.05. The second-order valence-electron chi connectivity index (χ2n) is 4.32. The van der Waals surface area contributed by atoms with Gasteiger partial charge in [0.25, 0.3) is 0 Å². The van der Waals surface area contributed by atoms with E-state index in [1.807, 2.05) is 24.3 Å². The Morgan fingerprint density at radius 1 is 1.25 bits per heavy atom. The minimum atomic E-state index is -0.469. The van der Waals surface area contributed by atoms with E-state index in [1.165, 1.54) is 13.0 Å². The first kappa shape index (κ1) is 14.3. The highest BCUT2D eigenvalue weighted by molar-refractivity contribution is 6.31. The Morgan fingerprint density at radius 3 is 2.70 bits per heavy atom. The second kappa shape index (κ2) is 6.39. The molecule has 2 aromatic rings. The monoisotopic (exact) mass is 292 g/mol. The quantitative estimate of drug-likeness (QED) is 0.892. The molecule has 0 bridgehead atoms. The molecule has 2 N–H and O–H groups in total.